The number of piperidine rings is 2. The van der Waals surface area contributed by atoms with Crippen LogP contribution in [-0.4, -0.2) is 89.9 Å². The number of sulfonamides is 1. The fourth-order valence-electron chi connectivity index (χ4n) is 12.5. The van der Waals surface area contributed by atoms with Crippen LogP contribution in [-0.2, 0) is 45.0 Å². The average molecular weight is 1330 g/mol. The summed E-state index contributed by atoms with van der Waals surface area (Å²) in [6.07, 6.45) is 6.06. The van der Waals surface area contributed by atoms with Gasteiger partial charge in [-0.05, 0) is 223 Å². The zero-order valence-corrected chi connectivity index (χ0v) is 54.6. The van der Waals surface area contributed by atoms with Crippen molar-refractivity contribution in [3.8, 4) is 11.5 Å². The number of para-hydroxylation sites is 2. The van der Waals surface area contributed by atoms with Gasteiger partial charge >= 0.3 is 0 Å². The van der Waals surface area contributed by atoms with Gasteiger partial charge in [0.15, 0.2) is 9.79 Å². The highest BCUT2D eigenvalue weighted by atomic mass is 35.7. The first-order valence-corrected chi connectivity index (χ1v) is 34.9. The van der Waals surface area contributed by atoms with Gasteiger partial charge in [-0.1, -0.05) is 84.9 Å². The molecular weight excluding hydrogens is 1250 g/mol. The van der Waals surface area contributed by atoms with E-state index in [1.54, 1.807) is 17.0 Å². The Morgan fingerprint density at radius 2 is 0.925 bits per heavy atom. The molecule has 21 heteroatoms. The highest BCUT2D eigenvalue weighted by Crippen LogP contribution is 2.39. The van der Waals surface area contributed by atoms with Crippen LogP contribution in [0.15, 0.2) is 180 Å². The molecule has 0 unspecified atom stereocenters. The van der Waals surface area contributed by atoms with Gasteiger partial charge in [0.25, 0.3) is 30.9 Å². The van der Waals surface area contributed by atoms with Crippen molar-refractivity contribution < 1.29 is 53.5 Å². The van der Waals surface area contributed by atoms with E-state index in [-0.39, 0.29) is 29.7 Å². The number of ether oxygens (including phenoxy) is 2. The van der Waals surface area contributed by atoms with Crippen molar-refractivity contribution in [3.05, 3.63) is 238 Å². The summed E-state index contributed by atoms with van der Waals surface area (Å²) < 4.78 is 115. The van der Waals surface area contributed by atoms with E-state index in [1.807, 2.05) is 73.3 Å². The minimum atomic E-state index is -4.54. The zero-order chi connectivity index (χ0) is 66.1. The van der Waals surface area contributed by atoms with Gasteiger partial charge in [0.2, 0.25) is 0 Å². The van der Waals surface area contributed by atoms with Crippen LogP contribution >= 0.6 is 10.7 Å². The molecule has 0 atom stereocenters. The molecule has 0 spiro atoms. The van der Waals surface area contributed by atoms with Crippen molar-refractivity contribution in [2.24, 2.45) is 0 Å². The molecule has 4 heterocycles. The van der Waals surface area contributed by atoms with Gasteiger partial charge in [-0.2, -0.15) is 0 Å². The number of fused-ring (bicyclic) bond motifs is 2. The van der Waals surface area contributed by atoms with Crippen molar-refractivity contribution in [3.63, 3.8) is 0 Å². The smallest absolute Gasteiger partial charge is 0.267 e. The van der Waals surface area contributed by atoms with Crippen LogP contribution in [0.4, 0.5) is 40.3 Å². The zero-order valence-electron chi connectivity index (χ0n) is 52.2. The standard InChI is InChI=1S/C36H37F2N3O4S.C30H35N3O2.C6H3ClF2O2S/c1-24(2)45-34-12-4-3-9-30(34)26-15-18-40(19-16-26)23-25-7-5-8-28(21-25)36(42)41-20-17-27-13-14-29(22-33(27)41)39-46(43,44)35-31(37)10-6-11-32(35)38;1-21(2)35-29-9-4-3-8-27(29)23-12-15-32(16-13-23)20-22-6-5-7-25(18-22)30(34)33-17-14-24-10-11-26(31)19-28(24)33;7-12(10,11)6-4(8)2-1-3-5(6)9/h3-14,21-22,24,26,39H,15-20,23H2,1-2H3;3-11,18-19,21,23H,12-17,20,31H2,1-2H3;1-3H. The quantitative estimate of drug-likeness (QED) is 0.0536. The Labute approximate surface area is 546 Å². The summed E-state index contributed by atoms with van der Waals surface area (Å²) in [5.41, 5.74) is 16.5. The molecule has 2 amide bonds. The normalized spacial score (nSPS) is 15.4. The summed E-state index contributed by atoms with van der Waals surface area (Å²) in [5, 5.41) is 0. The fraction of sp³-hybridized carbons (Fsp3) is 0.306. The maximum Gasteiger partial charge on any atom is 0.267 e. The van der Waals surface area contributed by atoms with Gasteiger partial charge in [0, 0.05) is 65.1 Å². The molecule has 4 aliphatic heterocycles. The number of halogens is 5. The number of benzene rings is 8. The molecule has 0 radical (unpaired) electrons. The number of rotatable bonds is 16. The SMILES string of the molecule is CC(C)Oc1ccccc1C1CCN(Cc2cccc(C(=O)N3CCc4ccc(N)cc43)c2)CC1.CC(C)Oc1ccccc1C1CCN(Cc2cccc(C(=O)N3CCc4ccc(NS(=O)(=O)c5c(F)cccc5F)cc43)c2)CC1.O=S(=O)(Cl)c1c(F)cccc1F. The number of anilines is 4. The summed E-state index contributed by atoms with van der Waals surface area (Å²) >= 11 is 0. The van der Waals surface area contributed by atoms with E-state index in [1.165, 1.54) is 34.4 Å². The molecule has 3 N–H and O–H groups in total. The Morgan fingerprint density at radius 3 is 1.35 bits per heavy atom. The van der Waals surface area contributed by atoms with Gasteiger partial charge < -0.3 is 25.0 Å². The number of hydrogen-bond acceptors (Lipinski definition) is 11. The van der Waals surface area contributed by atoms with Crippen LogP contribution < -0.4 is 29.7 Å². The van der Waals surface area contributed by atoms with Crippen molar-refractivity contribution in [2.45, 2.75) is 113 Å². The molecule has 2 saturated heterocycles. The maximum atomic E-state index is 14.2. The van der Waals surface area contributed by atoms with Crippen LogP contribution in [0.25, 0.3) is 0 Å². The molecule has 8 aromatic carbocycles. The van der Waals surface area contributed by atoms with E-state index >= 15 is 0 Å². The topological polar surface area (TPSA) is 172 Å². The number of amides is 2. The number of nitrogen functional groups attached to an aromatic ring is 1. The second kappa shape index (κ2) is 29.8. The number of likely N-dealkylation sites (tertiary alicyclic amines) is 2. The van der Waals surface area contributed by atoms with Gasteiger partial charge in [-0.3, -0.25) is 24.1 Å². The molecule has 0 aliphatic carbocycles. The summed E-state index contributed by atoms with van der Waals surface area (Å²) in [7, 11) is -4.12. The third-order valence-electron chi connectivity index (χ3n) is 16.9. The molecule has 0 aromatic heterocycles. The van der Waals surface area contributed by atoms with Crippen LogP contribution in [0.3, 0.4) is 0 Å². The van der Waals surface area contributed by atoms with Crippen LogP contribution in [0, 0.1) is 23.3 Å². The number of carbonyl (C=O) groups excluding carboxylic acids is 2. The molecule has 93 heavy (non-hydrogen) atoms. The van der Waals surface area contributed by atoms with E-state index in [2.05, 4.69) is 83.0 Å². The first kappa shape index (κ1) is 67.6. The number of nitrogens with one attached hydrogen (secondary N) is 1. The lowest BCUT2D eigenvalue weighted by atomic mass is 9.88. The summed E-state index contributed by atoms with van der Waals surface area (Å²) in [4.78, 5) is 33.3. The van der Waals surface area contributed by atoms with Crippen LogP contribution in [0.2, 0.25) is 0 Å². The molecule has 8 aromatic rings. The number of carbonyl (C=O) groups is 2. The molecule has 0 bridgehead atoms. The number of nitrogens with two attached hydrogens (primary N) is 1. The third kappa shape index (κ3) is 16.8. The van der Waals surface area contributed by atoms with E-state index in [9.17, 15) is 44.0 Å². The van der Waals surface area contributed by atoms with Crippen molar-refractivity contribution in [1.82, 2.24) is 9.80 Å². The Morgan fingerprint density at radius 1 is 0.516 bits per heavy atom. The van der Waals surface area contributed by atoms with E-state index in [0.29, 0.717) is 48.3 Å². The highest BCUT2D eigenvalue weighted by molar-refractivity contribution is 8.13. The third-order valence-corrected chi connectivity index (χ3v) is 19.6. The predicted octanol–water partition coefficient (Wildman–Crippen LogP) is 14.7. The minimum Gasteiger partial charge on any atom is -0.491 e. The fourth-order valence-corrected chi connectivity index (χ4v) is 14.8. The Balaban J connectivity index is 0.000000177. The lowest BCUT2D eigenvalue weighted by Crippen LogP contribution is -2.33. The van der Waals surface area contributed by atoms with Gasteiger partial charge in [-0.15, -0.1) is 0 Å². The molecule has 488 valence electrons. The summed E-state index contributed by atoms with van der Waals surface area (Å²) in [6.45, 7) is 14.9. The molecule has 2 fully saturated rings. The van der Waals surface area contributed by atoms with Crippen molar-refractivity contribution in [2.75, 3.05) is 59.5 Å². The molecule has 12 rings (SSSR count). The lowest BCUT2D eigenvalue weighted by molar-refractivity contribution is 0.0981. The van der Waals surface area contributed by atoms with Gasteiger partial charge in [0.1, 0.15) is 34.8 Å². The largest absolute Gasteiger partial charge is 0.491 e. The monoisotopic (exact) mass is 1330 g/mol. The molecule has 14 nitrogen and oxygen atoms in total. The minimum absolute atomic E-state index is 0.0525. The second-order valence-corrected chi connectivity index (χ2v) is 28.3. The average Bonchev–Trinajstić information content (AvgIpc) is 1.75. The highest BCUT2D eigenvalue weighted by Gasteiger charge is 2.31. The Hall–Kier alpha value is -8.27. The van der Waals surface area contributed by atoms with Crippen molar-refractivity contribution >= 4 is 64.3 Å². The van der Waals surface area contributed by atoms with E-state index in [4.69, 9.17) is 25.9 Å². The summed E-state index contributed by atoms with van der Waals surface area (Å²) in [6, 6.07) is 48.8. The lowest BCUT2D eigenvalue weighted by Gasteiger charge is -2.33. The first-order valence-electron chi connectivity index (χ1n) is 31.1. The molecule has 4 aliphatic rings. The summed E-state index contributed by atoms with van der Waals surface area (Å²) in [5.74, 6) is -1.93. The van der Waals surface area contributed by atoms with E-state index in [0.717, 1.165) is 142 Å². The Kier molecular flexibility index (Phi) is 21.6. The Bertz CT molecular complexity index is 4200. The van der Waals surface area contributed by atoms with Crippen LogP contribution in [0.5, 0.6) is 11.5 Å². The predicted molar refractivity (Wildman–Crippen MR) is 356 cm³/mol. The van der Waals surface area contributed by atoms with E-state index < -0.39 is 52.1 Å². The van der Waals surface area contributed by atoms with Gasteiger partial charge in [-0.25, -0.2) is 34.4 Å². The second-order valence-electron chi connectivity index (χ2n) is 24.2. The maximum absolute atomic E-state index is 14.2. The van der Waals surface area contributed by atoms with Crippen LogP contribution in [0.1, 0.15) is 119 Å². The molecular formula is C72H75ClF4N6O8S2. The van der Waals surface area contributed by atoms with Crippen molar-refractivity contribution in [1.29, 1.82) is 0 Å². The van der Waals surface area contributed by atoms with Gasteiger partial charge in [0.05, 0.1) is 17.9 Å². The first-order chi connectivity index (χ1) is 44.5. The number of hydrogen-bond donors (Lipinski definition) is 2. The molecule has 0 saturated carbocycles. The number of nitrogens with zero attached hydrogens (tertiary/aromatic N) is 4.